The van der Waals surface area contributed by atoms with Crippen molar-refractivity contribution < 1.29 is 9.53 Å². The van der Waals surface area contributed by atoms with E-state index in [0.717, 1.165) is 53.5 Å². The number of carbonyl (C=O) groups is 1. The number of hydrogen-bond donors (Lipinski definition) is 2. The quantitative estimate of drug-likeness (QED) is 0.518. The molecule has 156 valence electrons. The summed E-state index contributed by atoms with van der Waals surface area (Å²) in [6, 6.07) is 18.6. The fourth-order valence-corrected chi connectivity index (χ4v) is 4.35. The Balaban J connectivity index is 1.49. The van der Waals surface area contributed by atoms with Crippen LogP contribution in [0.4, 0.5) is 0 Å². The first-order chi connectivity index (χ1) is 14.7. The van der Waals surface area contributed by atoms with E-state index in [4.69, 9.17) is 9.72 Å². The second-order valence-electron chi connectivity index (χ2n) is 7.41. The Hall–Kier alpha value is -2.57. The van der Waals surface area contributed by atoms with Crippen LogP contribution in [-0.2, 0) is 16.0 Å². The number of ether oxygens (including phenoxy) is 1. The van der Waals surface area contributed by atoms with E-state index in [0.29, 0.717) is 12.3 Å². The van der Waals surface area contributed by atoms with E-state index < -0.39 is 0 Å². The van der Waals surface area contributed by atoms with E-state index in [1.807, 2.05) is 18.2 Å². The fourth-order valence-electron chi connectivity index (χ4n) is 3.52. The van der Waals surface area contributed by atoms with Gasteiger partial charge in [-0.15, -0.1) is 0 Å². The van der Waals surface area contributed by atoms with Crippen molar-refractivity contribution in [3.05, 3.63) is 60.2 Å². The van der Waals surface area contributed by atoms with E-state index in [1.54, 1.807) is 0 Å². The van der Waals surface area contributed by atoms with Crippen LogP contribution in [0.2, 0.25) is 0 Å². The third-order valence-corrected chi connectivity index (χ3v) is 6.23. The van der Waals surface area contributed by atoms with Crippen LogP contribution in [0.3, 0.4) is 0 Å². The van der Waals surface area contributed by atoms with Gasteiger partial charge in [0, 0.05) is 24.3 Å². The van der Waals surface area contributed by atoms with E-state index in [-0.39, 0.29) is 12.0 Å². The molecule has 1 amide bonds. The second kappa shape index (κ2) is 9.96. The number of thioether (sulfide) groups is 1. The van der Waals surface area contributed by atoms with Gasteiger partial charge in [0.25, 0.3) is 0 Å². The van der Waals surface area contributed by atoms with Crippen molar-refractivity contribution in [1.29, 1.82) is 0 Å². The molecule has 1 aliphatic heterocycles. The number of H-pyrrole nitrogens is 1. The highest BCUT2D eigenvalue weighted by Gasteiger charge is 2.18. The highest BCUT2D eigenvalue weighted by atomic mass is 32.2. The first-order valence-corrected chi connectivity index (χ1v) is 11.5. The van der Waals surface area contributed by atoms with E-state index in [9.17, 15) is 4.79 Å². The largest absolute Gasteiger partial charge is 0.376 e. The van der Waals surface area contributed by atoms with Crippen molar-refractivity contribution in [2.45, 2.75) is 37.3 Å². The number of benzene rings is 2. The molecular weight excluding hydrogens is 394 g/mol. The maximum Gasteiger partial charge on any atom is 0.230 e. The number of aryl methyl sites for hydroxylation is 1. The lowest BCUT2D eigenvalue weighted by atomic mass is 10.1. The van der Waals surface area contributed by atoms with Gasteiger partial charge in [0.15, 0.2) is 0 Å². The lowest BCUT2D eigenvalue weighted by Crippen LogP contribution is -2.32. The summed E-state index contributed by atoms with van der Waals surface area (Å²) in [6.07, 6.45) is 3.26. The number of rotatable bonds is 8. The molecule has 3 aromatic rings. The maximum absolute atomic E-state index is 12.3. The number of carbonyl (C=O) groups excluding carboxylic acids is 1. The number of nitrogens with zero attached hydrogens (tertiary/aromatic N) is 1. The molecule has 30 heavy (non-hydrogen) atoms. The SMILES string of the molecule is CCc1ccc(-c2nc(SCC(=O)NC[C@@H]3CCCO3)c(-c3ccccc3)[nH]2)cc1. The van der Waals surface area contributed by atoms with E-state index in [2.05, 4.69) is 53.6 Å². The van der Waals surface area contributed by atoms with Crippen LogP contribution in [0.25, 0.3) is 22.6 Å². The minimum Gasteiger partial charge on any atom is -0.376 e. The molecule has 1 saturated heterocycles. The normalized spacial score (nSPS) is 16.0. The third kappa shape index (κ3) is 5.12. The van der Waals surface area contributed by atoms with Crippen molar-refractivity contribution in [2.75, 3.05) is 18.9 Å². The average Bonchev–Trinajstić information content (AvgIpc) is 3.47. The van der Waals surface area contributed by atoms with Gasteiger partial charge in [0.1, 0.15) is 10.9 Å². The number of imidazole rings is 1. The molecule has 1 aromatic heterocycles. The number of aromatic amines is 1. The van der Waals surface area contributed by atoms with Gasteiger partial charge in [-0.2, -0.15) is 0 Å². The summed E-state index contributed by atoms with van der Waals surface area (Å²) in [4.78, 5) is 20.6. The van der Waals surface area contributed by atoms with Crippen molar-refractivity contribution in [3.63, 3.8) is 0 Å². The molecule has 5 nitrogen and oxygen atoms in total. The topological polar surface area (TPSA) is 67.0 Å². The minimum atomic E-state index is 0.00589. The van der Waals surface area contributed by atoms with Gasteiger partial charge in [-0.05, 0) is 24.8 Å². The Labute approximate surface area is 181 Å². The smallest absolute Gasteiger partial charge is 0.230 e. The fraction of sp³-hybridized carbons (Fsp3) is 0.333. The highest BCUT2D eigenvalue weighted by molar-refractivity contribution is 8.00. The lowest BCUT2D eigenvalue weighted by Gasteiger charge is -2.10. The molecule has 4 rings (SSSR count). The van der Waals surface area contributed by atoms with Gasteiger partial charge >= 0.3 is 0 Å². The molecule has 0 saturated carbocycles. The van der Waals surface area contributed by atoms with Crippen LogP contribution in [0.1, 0.15) is 25.3 Å². The predicted molar refractivity (Wildman–Crippen MR) is 122 cm³/mol. The summed E-state index contributed by atoms with van der Waals surface area (Å²) in [7, 11) is 0. The molecule has 2 aromatic carbocycles. The van der Waals surface area contributed by atoms with Crippen LogP contribution in [0.5, 0.6) is 0 Å². The van der Waals surface area contributed by atoms with E-state index in [1.165, 1.54) is 17.3 Å². The molecule has 0 bridgehead atoms. The summed E-state index contributed by atoms with van der Waals surface area (Å²) in [5, 5.41) is 3.82. The van der Waals surface area contributed by atoms with Crippen LogP contribution in [-0.4, -0.2) is 40.9 Å². The summed E-state index contributed by atoms with van der Waals surface area (Å²) >= 11 is 1.46. The summed E-state index contributed by atoms with van der Waals surface area (Å²) in [5.41, 5.74) is 4.34. The molecular formula is C24H27N3O2S. The molecule has 0 aliphatic carbocycles. The number of hydrogen-bond acceptors (Lipinski definition) is 4. The van der Waals surface area contributed by atoms with Gasteiger partial charge in [0.2, 0.25) is 5.91 Å². The summed E-state index contributed by atoms with van der Waals surface area (Å²) in [6.45, 7) is 3.53. The molecule has 0 unspecified atom stereocenters. The summed E-state index contributed by atoms with van der Waals surface area (Å²) in [5.74, 6) is 1.15. The van der Waals surface area contributed by atoms with Crippen molar-refractivity contribution in [1.82, 2.24) is 15.3 Å². The Bertz CT molecular complexity index is 964. The monoisotopic (exact) mass is 421 g/mol. The van der Waals surface area contributed by atoms with Crippen LogP contribution < -0.4 is 5.32 Å². The molecule has 2 heterocycles. The van der Waals surface area contributed by atoms with Gasteiger partial charge in [-0.25, -0.2) is 4.98 Å². The Morgan fingerprint density at radius 3 is 2.67 bits per heavy atom. The molecule has 1 atom stereocenters. The zero-order chi connectivity index (χ0) is 20.8. The Kier molecular flexibility index (Phi) is 6.87. The van der Waals surface area contributed by atoms with Crippen LogP contribution in [0.15, 0.2) is 59.6 Å². The van der Waals surface area contributed by atoms with Crippen molar-refractivity contribution in [2.24, 2.45) is 0 Å². The Morgan fingerprint density at radius 2 is 1.97 bits per heavy atom. The summed E-state index contributed by atoms with van der Waals surface area (Å²) < 4.78 is 5.57. The second-order valence-corrected chi connectivity index (χ2v) is 8.37. The number of amides is 1. The van der Waals surface area contributed by atoms with Crippen LogP contribution in [0, 0.1) is 0 Å². The van der Waals surface area contributed by atoms with E-state index >= 15 is 0 Å². The molecule has 1 fully saturated rings. The zero-order valence-electron chi connectivity index (χ0n) is 17.2. The highest BCUT2D eigenvalue weighted by Crippen LogP contribution is 2.32. The molecule has 0 radical (unpaired) electrons. The first kappa shape index (κ1) is 20.7. The maximum atomic E-state index is 12.3. The van der Waals surface area contributed by atoms with Crippen LogP contribution >= 0.6 is 11.8 Å². The molecule has 6 heteroatoms. The van der Waals surface area contributed by atoms with Gasteiger partial charge in [-0.3, -0.25) is 4.79 Å². The third-order valence-electron chi connectivity index (χ3n) is 5.26. The average molecular weight is 422 g/mol. The van der Waals surface area contributed by atoms with Gasteiger partial charge in [-0.1, -0.05) is 73.3 Å². The van der Waals surface area contributed by atoms with Crippen molar-refractivity contribution >= 4 is 17.7 Å². The lowest BCUT2D eigenvalue weighted by molar-refractivity contribution is -0.119. The standard InChI is InChI=1S/C24H27N3O2S/c1-2-17-10-12-19(13-11-17)23-26-22(18-7-4-3-5-8-18)24(27-23)30-16-21(28)25-15-20-9-6-14-29-20/h3-5,7-8,10-13,20H,2,6,9,14-16H2,1H3,(H,25,28)(H,26,27)/t20-/m0/s1. The minimum absolute atomic E-state index is 0.00589. The number of nitrogens with one attached hydrogen (secondary N) is 2. The molecule has 0 spiro atoms. The molecule has 1 aliphatic rings. The van der Waals surface area contributed by atoms with Gasteiger partial charge < -0.3 is 15.0 Å². The number of aromatic nitrogens is 2. The Morgan fingerprint density at radius 1 is 1.17 bits per heavy atom. The molecule has 2 N–H and O–H groups in total. The van der Waals surface area contributed by atoms with Crippen molar-refractivity contribution in [3.8, 4) is 22.6 Å². The van der Waals surface area contributed by atoms with Gasteiger partial charge in [0.05, 0.1) is 17.6 Å². The first-order valence-electron chi connectivity index (χ1n) is 10.5. The zero-order valence-corrected chi connectivity index (χ0v) is 18.0. The predicted octanol–water partition coefficient (Wildman–Crippen LogP) is 4.69.